The van der Waals surface area contributed by atoms with Crippen molar-refractivity contribution < 1.29 is 17.9 Å². The van der Waals surface area contributed by atoms with Crippen molar-refractivity contribution in [2.75, 3.05) is 25.5 Å². The highest BCUT2D eigenvalue weighted by Crippen LogP contribution is 2.30. The van der Waals surface area contributed by atoms with Crippen LogP contribution in [0, 0.1) is 0 Å². The summed E-state index contributed by atoms with van der Waals surface area (Å²) in [5.41, 5.74) is 0.328. The predicted molar refractivity (Wildman–Crippen MR) is 108 cm³/mol. The standard InChI is InChI=1S/C17H17Cl3N2O4S/c1-3-26-15-7-5-12(19)9-16(15)27(24,25)22(2)10-17(23)21-14-6-4-11(18)8-13(14)20/h4-9H,3,10H2,1-2H3,(H,21,23). The Morgan fingerprint density at radius 1 is 1.11 bits per heavy atom. The Labute approximate surface area is 173 Å². The minimum atomic E-state index is -4.01. The van der Waals surface area contributed by atoms with Gasteiger partial charge in [0.05, 0.1) is 23.9 Å². The molecular formula is C17H17Cl3N2O4S. The number of amides is 1. The van der Waals surface area contributed by atoms with Gasteiger partial charge in [0.1, 0.15) is 10.6 Å². The number of anilines is 1. The van der Waals surface area contributed by atoms with Crippen LogP contribution in [0.5, 0.6) is 5.75 Å². The predicted octanol–water partition coefficient (Wildman–Crippen LogP) is 4.30. The van der Waals surface area contributed by atoms with Crippen molar-refractivity contribution in [3.05, 3.63) is 51.5 Å². The van der Waals surface area contributed by atoms with Crippen molar-refractivity contribution in [3.63, 3.8) is 0 Å². The maximum atomic E-state index is 12.8. The van der Waals surface area contributed by atoms with Crippen LogP contribution in [0.3, 0.4) is 0 Å². The number of sulfonamides is 1. The third-order valence-corrected chi connectivity index (χ3v) is 6.07. The summed E-state index contributed by atoms with van der Waals surface area (Å²) in [6, 6.07) is 8.85. The van der Waals surface area contributed by atoms with Crippen molar-refractivity contribution in [3.8, 4) is 5.75 Å². The zero-order chi connectivity index (χ0) is 20.2. The van der Waals surface area contributed by atoms with E-state index < -0.39 is 22.5 Å². The van der Waals surface area contributed by atoms with Crippen molar-refractivity contribution in [1.82, 2.24) is 4.31 Å². The Kier molecular flexibility index (Phi) is 7.36. The van der Waals surface area contributed by atoms with Crippen molar-refractivity contribution in [2.45, 2.75) is 11.8 Å². The number of ether oxygens (including phenoxy) is 1. The zero-order valence-electron chi connectivity index (χ0n) is 14.5. The molecule has 146 valence electrons. The van der Waals surface area contributed by atoms with E-state index >= 15 is 0 Å². The molecule has 6 nitrogen and oxygen atoms in total. The third kappa shape index (κ3) is 5.49. The normalized spacial score (nSPS) is 11.5. The minimum Gasteiger partial charge on any atom is -0.492 e. The molecule has 0 atom stereocenters. The topological polar surface area (TPSA) is 75.7 Å². The zero-order valence-corrected chi connectivity index (χ0v) is 17.6. The minimum absolute atomic E-state index is 0.114. The summed E-state index contributed by atoms with van der Waals surface area (Å²) in [5, 5.41) is 3.45. The van der Waals surface area contributed by atoms with Crippen LogP contribution < -0.4 is 10.1 Å². The fourth-order valence-corrected chi connectivity index (χ4v) is 4.17. The Morgan fingerprint density at radius 3 is 2.37 bits per heavy atom. The second-order valence-electron chi connectivity index (χ2n) is 5.46. The van der Waals surface area contributed by atoms with Gasteiger partial charge in [-0.2, -0.15) is 4.31 Å². The number of nitrogens with zero attached hydrogens (tertiary/aromatic N) is 1. The summed E-state index contributed by atoms with van der Waals surface area (Å²) in [4.78, 5) is 12.1. The molecule has 10 heteroatoms. The highest BCUT2D eigenvalue weighted by atomic mass is 35.5. The van der Waals surface area contributed by atoms with Crippen molar-refractivity contribution >= 4 is 56.4 Å². The number of nitrogens with one attached hydrogen (secondary N) is 1. The van der Waals surface area contributed by atoms with Gasteiger partial charge in [-0.3, -0.25) is 4.79 Å². The highest BCUT2D eigenvalue weighted by molar-refractivity contribution is 7.89. The fraction of sp³-hybridized carbons (Fsp3) is 0.235. The Hall–Kier alpha value is -1.51. The molecule has 27 heavy (non-hydrogen) atoms. The molecule has 0 radical (unpaired) electrons. The number of benzene rings is 2. The largest absolute Gasteiger partial charge is 0.492 e. The first-order chi connectivity index (χ1) is 12.6. The third-order valence-electron chi connectivity index (χ3n) is 3.47. The average Bonchev–Trinajstić information content (AvgIpc) is 2.59. The number of likely N-dealkylation sites (N-methyl/N-ethyl adjacent to an activating group) is 1. The number of hydrogen-bond acceptors (Lipinski definition) is 4. The lowest BCUT2D eigenvalue weighted by molar-refractivity contribution is -0.116. The van der Waals surface area contributed by atoms with Crippen LogP contribution in [0.4, 0.5) is 5.69 Å². The van der Waals surface area contributed by atoms with E-state index in [4.69, 9.17) is 39.5 Å². The fourth-order valence-electron chi connectivity index (χ4n) is 2.19. The summed E-state index contributed by atoms with van der Waals surface area (Å²) in [6.07, 6.45) is 0. The maximum absolute atomic E-state index is 12.8. The van der Waals surface area contributed by atoms with Gasteiger partial charge in [-0.25, -0.2) is 8.42 Å². The van der Waals surface area contributed by atoms with Gasteiger partial charge in [0.15, 0.2) is 0 Å². The first-order valence-corrected chi connectivity index (χ1v) is 10.4. The molecule has 0 saturated heterocycles. The first-order valence-electron chi connectivity index (χ1n) is 7.78. The van der Waals surface area contributed by atoms with E-state index in [0.29, 0.717) is 10.7 Å². The molecule has 0 saturated carbocycles. The van der Waals surface area contributed by atoms with E-state index in [1.165, 1.54) is 37.4 Å². The van der Waals surface area contributed by atoms with Gasteiger partial charge in [-0.05, 0) is 43.3 Å². The molecule has 0 unspecified atom stereocenters. The molecule has 2 aromatic carbocycles. The number of hydrogen-bond donors (Lipinski definition) is 1. The molecule has 1 N–H and O–H groups in total. The maximum Gasteiger partial charge on any atom is 0.247 e. The van der Waals surface area contributed by atoms with Gasteiger partial charge in [0.2, 0.25) is 15.9 Å². The summed E-state index contributed by atoms with van der Waals surface area (Å²) in [6.45, 7) is 1.58. The van der Waals surface area contributed by atoms with E-state index in [0.717, 1.165) is 4.31 Å². The van der Waals surface area contributed by atoms with Crippen LogP contribution in [0.1, 0.15) is 6.92 Å². The smallest absolute Gasteiger partial charge is 0.247 e. The molecule has 0 aromatic heterocycles. The van der Waals surface area contributed by atoms with Crippen molar-refractivity contribution in [2.24, 2.45) is 0 Å². The summed E-state index contributed by atoms with van der Waals surface area (Å²) in [7, 11) is -2.72. The molecule has 0 aliphatic heterocycles. The first kappa shape index (κ1) is 21.8. The van der Waals surface area contributed by atoms with Crippen LogP contribution in [-0.4, -0.2) is 38.8 Å². The molecular weight excluding hydrogens is 435 g/mol. The average molecular weight is 452 g/mol. The Morgan fingerprint density at radius 2 is 1.74 bits per heavy atom. The SMILES string of the molecule is CCOc1ccc(Cl)cc1S(=O)(=O)N(C)CC(=O)Nc1ccc(Cl)cc1Cl. The van der Waals surface area contributed by atoms with E-state index in [1.54, 1.807) is 13.0 Å². The van der Waals surface area contributed by atoms with Crippen LogP contribution in [0.15, 0.2) is 41.3 Å². The molecule has 0 aliphatic rings. The van der Waals surface area contributed by atoms with E-state index in [2.05, 4.69) is 5.32 Å². The lowest BCUT2D eigenvalue weighted by Crippen LogP contribution is -2.35. The lowest BCUT2D eigenvalue weighted by Gasteiger charge is -2.19. The molecule has 0 aliphatic carbocycles. The molecule has 0 spiro atoms. The Bertz CT molecular complexity index is 951. The van der Waals surface area contributed by atoms with Crippen LogP contribution in [0.25, 0.3) is 0 Å². The number of halogens is 3. The van der Waals surface area contributed by atoms with Gasteiger partial charge in [-0.15, -0.1) is 0 Å². The summed E-state index contributed by atoms with van der Waals surface area (Å²) >= 11 is 17.7. The van der Waals surface area contributed by atoms with E-state index in [1.807, 2.05) is 0 Å². The van der Waals surface area contributed by atoms with Gasteiger partial charge in [-0.1, -0.05) is 34.8 Å². The van der Waals surface area contributed by atoms with E-state index in [9.17, 15) is 13.2 Å². The second kappa shape index (κ2) is 9.12. The summed E-state index contributed by atoms with van der Waals surface area (Å²) < 4.78 is 32.0. The number of carbonyl (C=O) groups is 1. The summed E-state index contributed by atoms with van der Waals surface area (Å²) in [5.74, 6) is -0.403. The lowest BCUT2D eigenvalue weighted by atomic mass is 10.3. The number of rotatable bonds is 7. The van der Waals surface area contributed by atoms with Gasteiger partial charge in [0, 0.05) is 17.1 Å². The quantitative estimate of drug-likeness (QED) is 0.681. The van der Waals surface area contributed by atoms with Gasteiger partial charge >= 0.3 is 0 Å². The van der Waals surface area contributed by atoms with Gasteiger partial charge in [0.25, 0.3) is 0 Å². The highest BCUT2D eigenvalue weighted by Gasteiger charge is 2.27. The molecule has 0 fully saturated rings. The monoisotopic (exact) mass is 450 g/mol. The van der Waals surface area contributed by atoms with E-state index in [-0.39, 0.29) is 27.3 Å². The van der Waals surface area contributed by atoms with Crippen molar-refractivity contribution in [1.29, 1.82) is 0 Å². The number of carbonyl (C=O) groups excluding carboxylic acids is 1. The van der Waals surface area contributed by atoms with Gasteiger partial charge < -0.3 is 10.1 Å². The van der Waals surface area contributed by atoms with Crippen LogP contribution >= 0.6 is 34.8 Å². The second-order valence-corrected chi connectivity index (χ2v) is 8.75. The molecule has 0 heterocycles. The van der Waals surface area contributed by atoms with Crippen LogP contribution in [-0.2, 0) is 14.8 Å². The molecule has 2 aromatic rings. The molecule has 0 bridgehead atoms. The Balaban J connectivity index is 2.20. The van der Waals surface area contributed by atoms with Crippen LogP contribution in [0.2, 0.25) is 15.1 Å². The molecule has 2 rings (SSSR count). The molecule has 1 amide bonds.